The van der Waals surface area contributed by atoms with Crippen LogP contribution in [0.25, 0.3) is 0 Å². The van der Waals surface area contributed by atoms with Crippen LogP contribution in [-0.4, -0.2) is 6.29 Å². The average Bonchev–Trinajstić information content (AvgIpc) is 1.99. The Morgan fingerprint density at radius 2 is 2.00 bits per heavy atom. The Hall–Kier alpha value is -0.510. The van der Waals surface area contributed by atoms with Crippen molar-refractivity contribution in [3.05, 3.63) is 21.7 Å². The fourth-order valence-electron chi connectivity index (χ4n) is 0.845. The molecule has 0 amide bonds. The molecule has 11 heavy (non-hydrogen) atoms. The molecule has 0 aliphatic heterocycles. The van der Waals surface area contributed by atoms with Crippen LogP contribution in [0.2, 0.25) is 0 Å². The van der Waals surface area contributed by atoms with Crippen LogP contribution in [0.5, 0.6) is 0 Å². The summed E-state index contributed by atoms with van der Waals surface area (Å²) in [6.07, 6.45) is 0.585. The molecular formula is C7H5BrF2O. The highest BCUT2D eigenvalue weighted by Crippen LogP contribution is 2.33. The Morgan fingerprint density at radius 3 is 2.45 bits per heavy atom. The molecule has 0 aromatic carbocycles. The van der Waals surface area contributed by atoms with E-state index >= 15 is 0 Å². The van der Waals surface area contributed by atoms with Gasteiger partial charge in [0, 0.05) is 10.9 Å². The van der Waals surface area contributed by atoms with Gasteiger partial charge in [-0.25, -0.2) is 8.78 Å². The maximum atomic E-state index is 12.8. The van der Waals surface area contributed by atoms with Crippen molar-refractivity contribution in [3.8, 4) is 0 Å². The van der Waals surface area contributed by atoms with Crippen LogP contribution in [0, 0.1) is 0 Å². The van der Waals surface area contributed by atoms with Crippen LogP contribution in [0.3, 0.4) is 0 Å². The van der Waals surface area contributed by atoms with E-state index in [1.165, 1.54) is 0 Å². The monoisotopic (exact) mass is 222 g/mol. The summed E-state index contributed by atoms with van der Waals surface area (Å²) in [6, 6.07) is 0. The number of allylic oxidation sites excluding steroid dienone is 4. The number of halogens is 3. The molecule has 0 saturated carbocycles. The van der Waals surface area contributed by atoms with E-state index in [2.05, 4.69) is 15.9 Å². The van der Waals surface area contributed by atoms with Crippen LogP contribution in [0.1, 0.15) is 12.8 Å². The Kier molecular flexibility index (Phi) is 2.54. The highest BCUT2D eigenvalue weighted by molar-refractivity contribution is 9.11. The number of rotatable bonds is 1. The second kappa shape index (κ2) is 3.26. The molecule has 0 N–H and O–H groups in total. The zero-order valence-electron chi connectivity index (χ0n) is 5.53. The normalized spacial score (nSPS) is 19.2. The molecule has 0 spiro atoms. The van der Waals surface area contributed by atoms with Crippen molar-refractivity contribution in [2.45, 2.75) is 12.8 Å². The van der Waals surface area contributed by atoms with Gasteiger partial charge in [-0.15, -0.1) is 0 Å². The second-order valence-electron chi connectivity index (χ2n) is 2.16. The molecule has 1 nitrogen and oxygen atoms in total. The molecule has 1 aliphatic carbocycles. The zero-order valence-corrected chi connectivity index (χ0v) is 7.12. The van der Waals surface area contributed by atoms with E-state index in [-0.39, 0.29) is 23.6 Å². The Labute approximate surface area is 70.9 Å². The SMILES string of the molecule is O=CC1=C(F)CCC(Br)=C1F. The number of hydrogen-bond acceptors (Lipinski definition) is 1. The third-order valence-corrected chi connectivity index (χ3v) is 2.19. The minimum absolute atomic E-state index is 0.0993. The third kappa shape index (κ3) is 1.56. The van der Waals surface area contributed by atoms with E-state index in [0.717, 1.165) is 0 Å². The van der Waals surface area contributed by atoms with Crippen LogP contribution < -0.4 is 0 Å². The summed E-state index contributed by atoms with van der Waals surface area (Å²) in [5, 5.41) is 0. The summed E-state index contributed by atoms with van der Waals surface area (Å²) in [7, 11) is 0. The lowest BCUT2D eigenvalue weighted by Crippen LogP contribution is -1.98. The minimum Gasteiger partial charge on any atom is -0.298 e. The first kappa shape index (κ1) is 8.59. The maximum absolute atomic E-state index is 12.8. The summed E-state index contributed by atoms with van der Waals surface area (Å²) in [6.45, 7) is 0. The lowest BCUT2D eigenvalue weighted by atomic mass is 10.1. The van der Waals surface area contributed by atoms with Crippen LogP contribution in [0.15, 0.2) is 21.7 Å². The Morgan fingerprint density at radius 1 is 1.36 bits per heavy atom. The molecule has 0 fully saturated rings. The van der Waals surface area contributed by atoms with Crippen molar-refractivity contribution >= 4 is 22.2 Å². The molecule has 0 bridgehead atoms. The highest BCUT2D eigenvalue weighted by Gasteiger charge is 2.19. The first-order valence-electron chi connectivity index (χ1n) is 3.05. The molecular weight excluding hydrogens is 218 g/mol. The van der Waals surface area contributed by atoms with Gasteiger partial charge in [0.25, 0.3) is 0 Å². The van der Waals surface area contributed by atoms with E-state index in [1.807, 2.05) is 0 Å². The molecule has 0 unspecified atom stereocenters. The lowest BCUT2D eigenvalue weighted by molar-refractivity contribution is -0.105. The van der Waals surface area contributed by atoms with Gasteiger partial charge in [0.15, 0.2) is 6.29 Å². The molecule has 1 rings (SSSR count). The van der Waals surface area contributed by atoms with Crippen molar-refractivity contribution in [2.75, 3.05) is 0 Å². The van der Waals surface area contributed by atoms with E-state index in [9.17, 15) is 13.6 Å². The quantitative estimate of drug-likeness (QED) is 0.624. The molecule has 60 valence electrons. The van der Waals surface area contributed by atoms with Crippen molar-refractivity contribution in [2.24, 2.45) is 0 Å². The third-order valence-electron chi connectivity index (χ3n) is 1.45. The van der Waals surface area contributed by atoms with E-state index in [4.69, 9.17) is 0 Å². The predicted molar refractivity (Wildman–Crippen MR) is 40.5 cm³/mol. The number of carbonyl (C=O) groups excluding carboxylic acids is 1. The maximum Gasteiger partial charge on any atom is 0.155 e. The predicted octanol–water partition coefficient (Wildman–Crippen LogP) is 2.78. The standard InChI is InChI=1S/C7H5BrF2O/c8-5-1-2-6(9)4(3-11)7(5)10/h3H,1-2H2. The summed E-state index contributed by atoms with van der Waals surface area (Å²) in [5.41, 5.74) is -0.455. The van der Waals surface area contributed by atoms with Crippen molar-refractivity contribution in [1.82, 2.24) is 0 Å². The van der Waals surface area contributed by atoms with Gasteiger partial charge in [0.1, 0.15) is 11.7 Å². The topological polar surface area (TPSA) is 17.1 Å². The molecule has 0 aromatic rings. The van der Waals surface area contributed by atoms with Crippen molar-refractivity contribution in [1.29, 1.82) is 0 Å². The summed E-state index contributed by atoms with van der Waals surface area (Å²) >= 11 is 2.91. The smallest absolute Gasteiger partial charge is 0.155 e. The minimum atomic E-state index is -0.774. The van der Waals surface area contributed by atoms with E-state index in [0.29, 0.717) is 0 Å². The summed E-state index contributed by atoms with van der Waals surface area (Å²) < 4.78 is 25.7. The van der Waals surface area contributed by atoms with Crippen LogP contribution >= 0.6 is 15.9 Å². The van der Waals surface area contributed by atoms with Gasteiger partial charge in [-0.05, 0) is 6.42 Å². The van der Waals surface area contributed by atoms with Gasteiger partial charge >= 0.3 is 0 Å². The molecule has 0 heterocycles. The number of hydrogen-bond donors (Lipinski definition) is 0. The summed E-state index contributed by atoms with van der Waals surface area (Å²) in [4.78, 5) is 10.1. The molecule has 0 aromatic heterocycles. The lowest BCUT2D eigenvalue weighted by Gasteiger charge is -2.09. The molecule has 0 radical (unpaired) electrons. The van der Waals surface area contributed by atoms with Crippen LogP contribution in [-0.2, 0) is 4.79 Å². The van der Waals surface area contributed by atoms with Gasteiger partial charge < -0.3 is 0 Å². The van der Waals surface area contributed by atoms with Crippen molar-refractivity contribution < 1.29 is 13.6 Å². The number of aldehydes is 1. The zero-order chi connectivity index (χ0) is 8.43. The van der Waals surface area contributed by atoms with Crippen molar-refractivity contribution in [3.63, 3.8) is 0 Å². The first-order valence-corrected chi connectivity index (χ1v) is 3.84. The summed E-state index contributed by atoms with van der Waals surface area (Å²) in [5.74, 6) is -1.44. The van der Waals surface area contributed by atoms with Gasteiger partial charge in [-0.3, -0.25) is 4.79 Å². The van der Waals surface area contributed by atoms with Gasteiger partial charge in [-0.1, -0.05) is 15.9 Å². The Balaban J connectivity index is 3.10. The largest absolute Gasteiger partial charge is 0.298 e. The van der Waals surface area contributed by atoms with Crippen LogP contribution in [0.4, 0.5) is 8.78 Å². The fraction of sp³-hybridized carbons (Fsp3) is 0.286. The molecule has 0 saturated heterocycles. The fourth-order valence-corrected chi connectivity index (χ4v) is 1.26. The van der Waals surface area contributed by atoms with Gasteiger partial charge in [-0.2, -0.15) is 0 Å². The van der Waals surface area contributed by atoms with Gasteiger partial charge in [0.2, 0.25) is 0 Å². The van der Waals surface area contributed by atoms with Gasteiger partial charge in [0.05, 0.1) is 5.57 Å². The molecule has 4 heteroatoms. The molecule has 0 atom stereocenters. The second-order valence-corrected chi connectivity index (χ2v) is 3.11. The first-order chi connectivity index (χ1) is 5.16. The number of carbonyl (C=O) groups is 1. The Bertz CT molecular complexity index is 255. The molecule has 1 aliphatic rings. The van der Waals surface area contributed by atoms with E-state index < -0.39 is 17.2 Å². The van der Waals surface area contributed by atoms with E-state index in [1.54, 1.807) is 0 Å². The average molecular weight is 223 g/mol. The highest BCUT2D eigenvalue weighted by atomic mass is 79.9.